The fourth-order valence-electron chi connectivity index (χ4n) is 2.28. The predicted molar refractivity (Wildman–Crippen MR) is 92.2 cm³/mol. The van der Waals surface area contributed by atoms with Crippen molar-refractivity contribution in [1.82, 2.24) is 0 Å². The summed E-state index contributed by atoms with van der Waals surface area (Å²) in [7, 11) is 1.36. The van der Waals surface area contributed by atoms with Crippen LogP contribution in [0.4, 0.5) is 5.69 Å². The zero-order valence-electron chi connectivity index (χ0n) is 14.1. The van der Waals surface area contributed by atoms with Crippen molar-refractivity contribution in [2.24, 2.45) is 0 Å². The molecule has 1 N–H and O–H groups in total. The first-order chi connectivity index (χ1) is 11.5. The number of nitrogens with one attached hydrogen (secondary N) is 1. The SMILES string of the molecule is COC(=O)Cc1ccc(OCC(=O)Nc2c(C)cccc2C)cc1. The van der Waals surface area contributed by atoms with Gasteiger partial charge in [0.1, 0.15) is 5.75 Å². The Kier molecular flexibility index (Phi) is 5.95. The van der Waals surface area contributed by atoms with E-state index in [0.717, 1.165) is 22.4 Å². The number of rotatable bonds is 6. The number of benzene rings is 2. The molecule has 0 aromatic heterocycles. The van der Waals surface area contributed by atoms with Gasteiger partial charge in [-0.3, -0.25) is 9.59 Å². The highest BCUT2D eigenvalue weighted by Crippen LogP contribution is 2.19. The van der Waals surface area contributed by atoms with Crippen LogP contribution >= 0.6 is 0 Å². The quantitative estimate of drug-likeness (QED) is 0.828. The number of anilines is 1. The second kappa shape index (κ2) is 8.15. The van der Waals surface area contributed by atoms with Crippen molar-refractivity contribution in [2.75, 3.05) is 19.0 Å². The van der Waals surface area contributed by atoms with Crippen molar-refractivity contribution in [1.29, 1.82) is 0 Å². The monoisotopic (exact) mass is 327 g/mol. The van der Waals surface area contributed by atoms with E-state index in [0.29, 0.717) is 5.75 Å². The number of esters is 1. The number of aryl methyl sites for hydroxylation is 2. The Labute approximate surface area is 141 Å². The van der Waals surface area contributed by atoms with Gasteiger partial charge in [0.2, 0.25) is 0 Å². The Morgan fingerprint density at radius 1 is 1.00 bits per heavy atom. The molecule has 0 spiro atoms. The van der Waals surface area contributed by atoms with Crippen molar-refractivity contribution in [3.05, 3.63) is 59.2 Å². The third-order valence-corrected chi connectivity index (χ3v) is 3.61. The molecule has 0 aliphatic rings. The van der Waals surface area contributed by atoms with Crippen molar-refractivity contribution in [3.63, 3.8) is 0 Å². The third kappa shape index (κ3) is 4.84. The largest absolute Gasteiger partial charge is 0.484 e. The van der Waals surface area contributed by atoms with Crippen LogP contribution in [0.5, 0.6) is 5.75 Å². The van der Waals surface area contributed by atoms with Crippen LogP contribution in [-0.2, 0) is 20.7 Å². The van der Waals surface area contributed by atoms with E-state index in [2.05, 4.69) is 10.1 Å². The zero-order chi connectivity index (χ0) is 17.5. The molecule has 5 heteroatoms. The minimum absolute atomic E-state index is 0.0792. The number of para-hydroxylation sites is 1. The molecule has 2 aromatic rings. The topological polar surface area (TPSA) is 64.6 Å². The van der Waals surface area contributed by atoms with E-state index in [1.165, 1.54) is 7.11 Å². The summed E-state index contributed by atoms with van der Waals surface area (Å²) in [5, 5.41) is 2.87. The molecular formula is C19H21NO4. The van der Waals surface area contributed by atoms with Gasteiger partial charge in [-0.15, -0.1) is 0 Å². The first-order valence-electron chi connectivity index (χ1n) is 7.64. The number of carbonyl (C=O) groups excluding carboxylic acids is 2. The van der Waals surface area contributed by atoms with Gasteiger partial charge in [-0.25, -0.2) is 0 Å². The Bertz CT molecular complexity index is 702. The van der Waals surface area contributed by atoms with E-state index in [-0.39, 0.29) is 24.9 Å². The van der Waals surface area contributed by atoms with Crippen LogP contribution < -0.4 is 10.1 Å². The lowest BCUT2D eigenvalue weighted by molar-refractivity contribution is -0.139. The summed E-state index contributed by atoms with van der Waals surface area (Å²) in [6, 6.07) is 12.8. The Morgan fingerprint density at radius 2 is 1.62 bits per heavy atom. The number of amides is 1. The summed E-state index contributed by atoms with van der Waals surface area (Å²) in [6.07, 6.45) is 0.212. The number of hydrogen-bond donors (Lipinski definition) is 1. The molecule has 0 saturated carbocycles. The van der Waals surface area contributed by atoms with Crippen LogP contribution in [0.25, 0.3) is 0 Å². The molecule has 1 amide bonds. The van der Waals surface area contributed by atoms with E-state index in [9.17, 15) is 9.59 Å². The molecule has 2 aromatic carbocycles. The maximum Gasteiger partial charge on any atom is 0.309 e. The fourth-order valence-corrected chi connectivity index (χ4v) is 2.28. The van der Waals surface area contributed by atoms with Crippen molar-refractivity contribution in [2.45, 2.75) is 20.3 Å². The summed E-state index contributed by atoms with van der Waals surface area (Å²) in [5.41, 5.74) is 3.67. The van der Waals surface area contributed by atoms with Crippen molar-refractivity contribution in [3.8, 4) is 5.75 Å². The molecule has 0 unspecified atom stereocenters. The molecule has 0 fully saturated rings. The van der Waals surface area contributed by atoms with Crippen LogP contribution in [0.2, 0.25) is 0 Å². The number of carbonyl (C=O) groups is 2. The molecule has 0 bridgehead atoms. The van der Waals surface area contributed by atoms with Gasteiger partial charge in [0.25, 0.3) is 5.91 Å². The average molecular weight is 327 g/mol. The molecule has 2 rings (SSSR count). The first-order valence-corrected chi connectivity index (χ1v) is 7.64. The second-order valence-corrected chi connectivity index (χ2v) is 5.50. The maximum absolute atomic E-state index is 12.0. The molecule has 5 nitrogen and oxygen atoms in total. The molecule has 0 heterocycles. The summed E-state index contributed by atoms with van der Waals surface area (Å²) in [6.45, 7) is 3.82. The lowest BCUT2D eigenvalue weighted by Crippen LogP contribution is -2.21. The summed E-state index contributed by atoms with van der Waals surface area (Å²) >= 11 is 0. The minimum atomic E-state index is -0.295. The smallest absolute Gasteiger partial charge is 0.309 e. The third-order valence-electron chi connectivity index (χ3n) is 3.61. The normalized spacial score (nSPS) is 10.1. The van der Waals surface area contributed by atoms with Crippen LogP contribution in [0.1, 0.15) is 16.7 Å². The Morgan fingerprint density at radius 3 is 2.21 bits per heavy atom. The molecular weight excluding hydrogens is 306 g/mol. The van der Waals surface area contributed by atoms with Gasteiger partial charge in [0.05, 0.1) is 13.5 Å². The fraction of sp³-hybridized carbons (Fsp3) is 0.263. The average Bonchev–Trinajstić information content (AvgIpc) is 2.57. The van der Waals surface area contributed by atoms with Gasteiger partial charge in [0, 0.05) is 5.69 Å². The highest BCUT2D eigenvalue weighted by molar-refractivity contribution is 5.93. The number of hydrogen-bond acceptors (Lipinski definition) is 4. The second-order valence-electron chi connectivity index (χ2n) is 5.50. The summed E-state index contributed by atoms with van der Waals surface area (Å²) in [4.78, 5) is 23.2. The van der Waals surface area contributed by atoms with Gasteiger partial charge in [-0.2, -0.15) is 0 Å². The molecule has 0 saturated heterocycles. The zero-order valence-corrected chi connectivity index (χ0v) is 14.1. The summed E-state index contributed by atoms with van der Waals surface area (Å²) < 4.78 is 10.1. The van der Waals surface area contributed by atoms with Gasteiger partial charge >= 0.3 is 5.97 Å². The van der Waals surface area contributed by atoms with Gasteiger partial charge in [0.15, 0.2) is 6.61 Å². The molecule has 0 aliphatic carbocycles. The highest BCUT2D eigenvalue weighted by Gasteiger charge is 2.08. The van der Waals surface area contributed by atoms with Gasteiger partial charge in [-0.1, -0.05) is 30.3 Å². The van der Waals surface area contributed by atoms with Crippen molar-refractivity contribution >= 4 is 17.6 Å². The van der Waals surface area contributed by atoms with Crippen LogP contribution in [0.3, 0.4) is 0 Å². The maximum atomic E-state index is 12.0. The van der Waals surface area contributed by atoms with E-state index >= 15 is 0 Å². The molecule has 126 valence electrons. The Balaban J connectivity index is 1.89. The molecule has 24 heavy (non-hydrogen) atoms. The van der Waals surface area contributed by atoms with Crippen LogP contribution in [-0.4, -0.2) is 25.6 Å². The van der Waals surface area contributed by atoms with E-state index in [1.54, 1.807) is 24.3 Å². The van der Waals surface area contributed by atoms with Crippen LogP contribution in [0, 0.1) is 13.8 Å². The van der Waals surface area contributed by atoms with Crippen LogP contribution in [0.15, 0.2) is 42.5 Å². The predicted octanol–water partition coefficient (Wildman–Crippen LogP) is 3.04. The molecule has 0 aliphatic heterocycles. The molecule has 0 atom stereocenters. The van der Waals surface area contributed by atoms with E-state index in [1.807, 2.05) is 32.0 Å². The van der Waals surface area contributed by atoms with E-state index in [4.69, 9.17) is 4.74 Å². The molecule has 0 radical (unpaired) electrons. The Hall–Kier alpha value is -2.82. The van der Waals surface area contributed by atoms with Gasteiger partial charge in [-0.05, 0) is 42.7 Å². The lowest BCUT2D eigenvalue weighted by atomic mass is 10.1. The number of ether oxygens (including phenoxy) is 2. The lowest BCUT2D eigenvalue weighted by Gasteiger charge is -2.12. The van der Waals surface area contributed by atoms with Crippen molar-refractivity contribution < 1.29 is 19.1 Å². The highest BCUT2D eigenvalue weighted by atomic mass is 16.5. The van der Waals surface area contributed by atoms with Gasteiger partial charge < -0.3 is 14.8 Å². The minimum Gasteiger partial charge on any atom is -0.484 e. The first kappa shape index (κ1) is 17.5. The standard InChI is InChI=1S/C19H21NO4/c1-13-5-4-6-14(2)19(13)20-17(21)12-24-16-9-7-15(8-10-16)11-18(22)23-3/h4-10H,11-12H2,1-3H3,(H,20,21). The number of methoxy groups -OCH3 is 1. The summed E-state index contributed by atoms with van der Waals surface area (Å²) in [5.74, 6) is 0.0583. The van der Waals surface area contributed by atoms with E-state index < -0.39 is 0 Å².